The second-order valence-electron chi connectivity index (χ2n) is 1.66. The van der Waals surface area contributed by atoms with Crippen LogP contribution in [0.1, 0.15) is 6.92 Å². The number of oxime groups is 1. The number of carbonyl (C=O) groups excluding carboxylic acids is 2. The van der Waals surface area contributed by atoms with E-state index < -0.39 is 17.7 Å². The van der Waals surface area contributed by atoms with E-state index in [1.165, 1.54) is 0 Å². The summed E-state index contributed by atoms with van der Waals surface area (Å²) in [5.74, 6) is -2.04. The largest absolute Gasteiger partial charge is 0.464 e. The lowest BCUT2D eigenvalue weighted by molar-refractivity contribution is -0.139. The van der Waals surface area contributed by atoms with Crippen LogP contribution in [0.3, 0.4) is 0 Å². The molecule has 0 radical (unpaired) electrons. The molecule has 0 aromatic rings. The van der Waals surface area contributed by atoms with Crippen molar-refractivity contribution in [2.75, 3.05) is 13.7 Å². The van der Waals surface area contributed by atoms with Gasteiger partial charge in [0, 0.05) is 0 Å². The Labute approximate surface area is 68.8 Å². The standard InChI is InChI=1S/C6H9NO5/c1-3-12-6(9)4(7-10)5(8)11-2/h10H,3H2,1-2H3/b7-4-. The minimum absolute atomic E-state index is 0.0921. The zero-order chi connectivity index (χ0) is 9.56. The summed E-state index contributed by atoms with van der Waals surface area (Å²) in [6.07, 6.45) is 0. The zero-order valence-corrected chi connectivity index (χ0v) is 6.73. The fraction of sp³-hybridized carbons (Fsp3) is 0.500. The average molecular weight is 175 g/mol. The molecule has 6 heteroatoms. The van der Waals surface area contributed by atoms with Crippen molar-refractivity contribution in [3.8, 4) is 0 Å². The quantitative estimate of drug-likeness (QED) is 0.206. The molecule has 0 bridgehead atoms. The van der Waals surface area contributed by atoms with Crippen molar-refractivity contribution in [3.63, 3.8) is 0 Å². The fourth-order valence-corrected chi connectivity index (χ4v) is 0.461. The van der Waals surface area contributed by atoms with Crippen LogP contribution < -0.4 is 0 Å². The summed E-state index contributed by atoms with van der Waals surface area (Å²) in [4.78, 5) is 21.4. The van der Waals surface area contributed by atoms with E-state index in [0.29, 0.717) is 0 Å². The first kappa shape index (κ1) is 10.4. The van der Waals surface area contributed by atoms with E-state index >= 15 is 0 Å². The topological polar surface area (TPSA) is 85.2 Å². The van der Waals surface area contributed by atoms with Gasteiger partial charge in [-0.3, -0.25) is 0 Å². The third-order valence-electron chi connectivity index (χ3n) is 0.948. The van der Waals surface area contributed by atoms with Gasteiger partial charge in [-0.25, -0.2) is 9.59 Å². The third kappa shape index (κ3) is 2.57. The summed E-state index contributed by atoms with van der Waals surface area (Å²) in [5.41, 5.74) is -0.764. The van der Waals surface area contributed by atoms with Crippen molar-refractivity contribution in [1.82, 2.24) is 0 Å². The lowest BCUT2D eigenvalue weighted by Crippen LogP contribution is -2.27. The molecule has 0 saturated heterocycles. The molecule has 0 aliphatic carbocycles. The molecule has 0 aliphatic rings. The summed E-state index contributed by atoms with van der Waals surface area (Å²) in [7, 11) is 1.06. The summed E-state index contributed by atoms with van der Waals surface area (Å²) in [6, 6.07) is 0. The van der Waals surface area contributed by atoms with Crippen LogP contribution in [0, 0.1) is 0 Å². The minimum atomic E-state index is -1.03. The highest BCUT2D eigenvalue weighted by atomic mass is 16.6. The van der Waals surface area contributed by atoms with Gasteiger partial charge >= 0.3 is 11.9 Å². The molecule has 0 aromatic carbocycles. The van der Waals surface area contributed by atoms with Gasteiger partial charge in [-0.05, 0) is 6.92 Å². The van der Waals surface area contributed by atoms with E-state index in [0.717, 1.165) is 7.11 Å². The number of ether oxygens (including phenoxy) is 2. The van der Waals surface area contributed by atoms with Gasteiger partial charge in [-0.2, -0.15) is 0 Å². The second-order valence-corrected chi connectivity index (χ2v) is 1.66. The van der Waals surface area contributed by atoms with Crippen molar-refractivity contribution >= 4 is 17.7 Å². The van der Waals surface area contributed by atoms with Gasteiger partial charge in [0.1, 0.15) is 0 Å². The average Bonchev–Trinajstić information content (AvgIpc) is 2.06. The van der Waals surface area contributed by atoms with E-state index in [-0.39, 0.29) is 6.61 Å². The molecule has 1 N–H and O–H groups in total. The highest BCUT2D eigenvalue weighted by Gasteiger charge is 2.23. The molecule has 0 spiro atoms. The van der Waals surface area contributed by atoms with Crippen LogP contribution in [0.2, 0.25) is 0 Å². The number of nitrogens with zero attached hydrogens (tertiary/aromatic N) is 1. The molecule has 6 nitrogen and oxygen atoms in total. The Morgan fingerprint density at radius 1 is 1.42 bits per heavy atom. The molecule has 0 aromatic heterocycles. The number of hydrogen-bond acceptors (Lipinski definition) is 6. The van der Waals surface area contributed by atoms with Crippen LogP contribution in [0.5, 0.6) is 0 Å². The molecule has 0 atom stereocenters. The SMILES string of the molecule is CCOC(=O)/C(=N\O)C(=O)OC. The highest BCUT2D eigenvalue weighted by Crippen LogP contribution is 1.87. The van der Waals surface area contributed by atoms with E-state index in [4.69, 9.17) is 5.21 Å². The van der Waals surface area contributed by atoms with E-state index in [1.54, 1.807) is 6.92 Å². The van der Waals surface area contributed by atoms with Crippen molar-refractivity contribution in [1.29, 1.82) is 0 Å². The molecule has 0 aliphatic heterocycles. The Morgan fingerprint density at radius 3 is 2.33 bits per heavy atom. The normalized spacial score (nSPS) is 10.7. The minimum Gasteiger partial charge on any atom is -0.464 e. The molecule has 0 heterocycles. The molecule has 68 valence electrons. The third-order valence-corrected chi connectivity index (χ3v) is 0.948. The maximum atomic E-state index is 10.8. The van der Waals surface area contributed by atoms with Crippen LogP contribution in [0.15, 0.2) is 5.16 Å². The molecular weight excluding hydrogens is 166 g/mol. The van der Waals surface area contributed by atoms with Crippen LogP contribution in [0.25, 0.3) is 0 Å². The first-order valence-corrected chi connectivity index (χ1v) is 3.14. The molecular formula is C6H9NO5. The van der Waals surface area contributed by atoms with Crippen molar-refractivity contribution in [2.24, 2.45) is 5.16 Å². The monoisotopic (exact) mass is 175 g/mol. The molecule has 0 unspecified atom stereocenters. The summed E-state index contributed by atoms with van der Waals surface area (Å²) in [5, 5.41) is 10.7. The predicted octanol–water partition coefficient (Wildman–Crippen LogP) is -0.447. The fourth-order valence-electron chi connectivity index (χ4n) is 0.461. The van der Waals surface area contributed by atoms with Crippen molar-refractivity contribution in [2.45, 2.75) is 6.92 Å². The second kappa shape index (κ2) is 5.11. The lowest BCUT2D eigenvalue weighted by Gasteiger charge is -2.00. The Balaban J connectivity index is 4.37. The van der Waals surface area contributed by atoms with Gasteiger partial charge in [-0.1, -0.05) is 5.16 Å². The Bertz CT molecular complexity index is 210. The van der Waals surface area contributed by atoms with Crippen LogP contribution in [-0.4, -0.2) is 36.6 Å². The number of esters is 2. The first-order valence-electron chi connectivity index (χ1n) is 3.14. The van der Waals surface area contributed by atoms with Gasteiger partial charge in [0.25, 0.3) is 5.71 Å². The summed E-state index contributed by atoms with van der Waals surface area (Å²) < 4.78 is 8.53. The summed E-state index contributed by atoms with van der Waals surface area (Å²) in [6.45, 7) is 1.65. The van der Waals surface area contributed by atoms with Gasteiger partial charge in [0.05, 0.1) is 13.7 Å². The number of rotatable bonds is 3. The van der Waals surface area contributed by atoms with Crippen LogP contribution in [-0.2, 0) is 19.1 Å². The maximum Gasteiger partial charge on any atom is 0.368 e. The Morgan fingerprint density at radius 2 is 2.00 bits per heavy atom. The Kier molecular flexibility index (Phi) is 4.43. The highest BCUT2D eigenvalue weighted by molar-refractivity contribution is 6.62. The van der Waals surface area contributed by atoms with Crippen LogP contribution in [0.4, 0.5) is 0 Å². The first-order chi connectivity index (χ1) is 5.67. The number of hydrogen-bond donors (Lipinski definition) is 1. The maximum absolute atomic E-state index is 10.8. The van der Waals surface area contributed by atoms with Gasteiger partial charge in [-0.15, -0.1) is 0 Å². The summed E-state index contributed by atoms with van der Waals surface area (Å²) >= 11 is 0. The predicted molar refractivity (Wildman–Crippen MR) is 37.9 cm³/mol. The molecule has 0 amide bonds. The molecule has 0 rings (SSSR count). The smallest absolute Gasteiger partial charge is 0.368 e. The van der Waals surface area contributed by atoms with Gasteiger partial charge < -0.3 is 14.7 Å². The van der Waals surface area contributed by atoms with Crippen molar-refractivity contribution in [3.05, 3.63) is 0 Å². The molecule has 0 fully saturated rings. The number of carbonyl (C=O) groups is 2. The van der Waals surface area contributed by atoms with E-state index in [2.05, 4.69) is 14.6 Å². The van der Waals surface area contributed by atoms with Crippen molar-refractivity contribution < 1.29 is 24.3 Å². The van der Waals surface area contributed by atoms with Gasteiger partial charge in [0.15, 0.2) is 0 Å². The molecule has 12 heavy (non-hydrogen) atoms. The van der Waals surface area contributed by atoms with E-state index in [9.17, 15) is 9.59 Å². The van der Waals surface area contributed by atoms with E-state index in [1.807, 2.05) is 0 Å². The molecule has 0 saturated carbocycles. The van der Waals surface area contributed by atoms with Gasteiger partial charge in [0.2, 0.25) is 0 Å². The zero-order valence-electron chi connectivity index (χ0n) is 6.73. The number of methoxy groups -OCH3 is 1. The van der Waals surface area contributed by atoms with Crippen LogP contribution >= 0.6 is 0 Å². The lowest BCUT2D eigenvalue weighted by atomic mass is 10.4. The Hall–Kier alpha value is -1.59.